The molecule has 0 aromatic heterocycles. The molecule has 0 fully saturated rings. The standard InChI is InChI=1S/C12H18ClNO3S/c1-3-4-14-5-6-17-11-7-10(13)8-12(9-11)18(2,15)16/h7-9,14H,3-6H2,1-2H3. The van der Waals surface area contributed by atoms with E-state index in [0.29, 0.717) is 23.9 Å². The highest BCUT2D eigenvalue weighted by Crippen LogP contribution is 2.23. The number of ether oxygens (including phenoxy) is 1. The predicted octanol–water partition coefficient (Wildman–Crippen LogP) is 2.12. The lowest BCUT2D eigenvalue weighted by atomic mass is 10.3. The van der Waals surface area contributed by atoms with Gasteiger partial charge in [-0.1, -0.05) is 18.5 Å². The fourth-order valence-electron chi connectivity index (χ4n) is 1.38. The molecule has 0 aliphatic carbocycles. The predicted molar refractivity (Wildman–Crippen MR) is 73.2 cm³/mol. The van der Waals surface area contributed by atoms with E-state index in [9.17, 15) is 8.42 Å². The van der Waals surface area contributed by atoms with E-state index in [1.54, 1.807) is 6.07 Å². The highest BCUT2D eigenvalue weighted by atomic mass is 35.5. The molecule has 0 bridgehead atoms. The maximum absolute atomic E-state index is 11.4. The molecule has 0 unspecified atom stereocenters. The van der Waals surface area contributed by atoms with Gasteiger partial charge in [-0.2, -0.15) is 0 Å². The van der Waals surface area contributed by atoms with E-state index < -0.39 is 9.84 Å². The molecule has 0 aliphatic heterocycles. The smallest absolute Gasteiger partial charge is 0.175 e. The Morgan fingerprint density at radius 2 is 2.00 bits per heavy atom. The molecule has 102 valence electrons. The first-order valence-electron chi connectivity index (χ1n) is 5.77. The summed E-state index contributed by atoms with van der Waals surface area (Å²) in [5, 5.41) is 3.54. The highest BCUT2D eigenvalue weighted by Gasteiger charge is 2.10. The Morgan fingerprint density at radius 1 is 1.28 bits per heavy atom. The summed E-state index contributed by atoms with van der Waals surface area (Å²) in [6, 6.07) is 4.51. The van der Waals surface area contributed by atoms with Crippen molar-refractivity contribution in [1.82, 2.24) is 5.32 Å². The number of hydrogen-bond acceptors (Lipinski definition) is 4. The van der Waals surface area contributed by atoms with Crippen LogP contribution in [0.25, 0.3) is 0 Å². The quantitative estimate of drug-likeness (QED) is 0.782. The van der Waals surface area contributed by atoms with Crippen molar-refractivity contribution in [1.29, 1.82) is 0 Å². The Morgan fingerprint density at radius 3 is 2.61 bits per heavy atom. The van der Waals surface area contributed by atoms with E-state index in [1.165, 1.54) is 12.1 Å². The summed E-state index contributed by atoms with van der Waals surface area (Å²) in [6.07, 6.45) is 2.21. The van der Waals surface area contributed by atoms with Gasteiger partial charge in [0.25, 0.3) is 0 Å². The van der Waals surface area contributed by atoms with E-state index in [0.717, 1.165) is 19.2 Å². The zero-order valence-corrected chi connectivity index (χ0v) is 12.1. The molecule has 4 nitrogen and oxygen atoms in total. The van der Waals surface area contributed by atoms with E-state index in [-0.39, 0.29) is 4.90 Å². The number of rotatable bonds is 7. The van der Waals surface area contributed by atoms with Crippen molar-refractivity contribution < 1.29 is 13.2 Å². The molecular formula is C12H18ClNO3S. The molecule has 0 saturated heterocycles. The average molecular weight is 292 g/mol. The summed E-state index contributed by atoms with van der Waals surface area (Å²) in [6.45, 7) is 4.22. The van der Waals surface area contributed by atoms with Crippen LogP contribution in [0.15, 0.2) is 23.1 Å². The van der Waals surface area contributed by atoms with Gasteiger partial charge in [0.1, 0.15) is 12.4 Å². The van der Waals surface area contributed by atoms with Crippen molar-refractivity contribution in [2.24, 2.45) is 0 Å². The third-order valence-corrected chi connectivity index (χ3v) is 3.56. The monoisotopic (exact) mass is 291 g/mol. The van der Waals surface area contributed by atoms with Crippen LogP contribution in [0.3, 0.4) is 0 Å². The topological polar surface area (TPSA) is 55.4 Å². The van der Waals surface area contributed by atoms with E-state index in [4.69, 9.17) is 16.3 Å². The Labute approximate surface area is 113 Å². The van der Waals surface area contributed by atoms with Crippen molar-refractivity contribution in [2.45, 2.75) is 18.2 Å². The molecule has 0 aliphatic rings. The number of benzene rings is 1. The molecule has 1 aromatic carbocycles. The van der Waals surface area contributed by atoms with E-state index in [2.05, 4.69) is 12.2 Å². The minimum Gasteiger partial charge on any atom is -0.492 e. The van der Waals surface area contributed by atoms with Crippen molar-refractivity contribution in [3.05, 3.63) is 23.2 Å². The van der Waals surface area contributed by atoms with Crippen LogP contribution < -0.4 is 10.1 Å². The Balaban J connectivity index is 2.64. The second-order valence-electron chi connectivity index (χ2n) is 3.99. The lowest BCUT2D eigenvalue weighted by molar-refractivity contribution is 0.313. The molecule has 0 heterocycles. The first-order chi connectivity index (χ1) is 8.43. The van der Waals surface area contributed by atoms with Gasteiger partial charge >= 0.3 is 0 Å². The lowest BCUT2D eigenvalue weighted by Gasteiger charge is -2.09. The second-order valence-corrected chi connectivity index (χ2v) is 6.45. The molecule has 0 spiro atoms. The summed E-state index contributed by atoms with van der Waals surface area (Å²) < 4.78 is 28.3. The number of nitrogens with one attached hydrogen (secondary N) is 1. The third-order valence-electron chi connectivity index (χ3n) is 2.25. The van der Waals surface area contributed by atoms with Gasteiger partial charge in [0.2, 0.25) is 0 Å². The highest BCUT2D eigenvalue weighted by molar-refractivity contribution is 7.90. The number of halogens is 1. The van der Waals surface area contributed by atoms with Crippen LogP contribution in [-0.4, -0.2) is 34.4 Å². The van der Waals surface area contributed by atoms with Gasteiger partial charge < -0.3 is 10.1 Å². The van der Waals surface area contributed by atoms with E-state index >= 15 is 0 Å². The van der Waals surface area contributed by atoms with E-state index in [1.807, 2.05) is 0 Å². The van der Waals surface area contributed by atoms with Gasteiger partial charge in [-0.3, -0.25) is 0 Å². The van der Waals surface area contributed by atoms with Crippen molar-refractivity contribution in [3.63, 3.8) is 0 Å². The fourth-order valence-corrected chi connectivity index (χ4v) is 2.34. The molecule has 1 aromatic rings. The molecular weight excluding hydrogens is 274 g/mol. The number of sulfone groups is 1. The fraction of sp³-hybridized carbons (Fsp3) is 0.500. The molecule has 1 N–H and O–H groups in total. The van der Waals surface area contributed by atoms with Crippen LogP contribution in [0, 0.1) is 0 Å². The van der Waals surface area contributed by atoms with Gasteiger partial charge in [-0.15, -0.1) is 0 Å². The summed E-state index contributed by atoms with van der Waals surface area (Å²) in [5.74, 6) is 0.473. The maximum atomic E-state index is 11.4. The molecule has 0 atom stereocenters. The Kier molecular flexibility index (Phi) is 5.91. The third kappa shape index (κ3) is 5.25. The number of hydrogen-bond donors (Lipinski definition) is 1. The second kappa shape index (κ2) is 6.97. The summed E-state index contributed by atoms with van der Waals surface area (Å²) in [5.41, 5.74) is 0. The first-order valence-corrected chi connectivity index (χ1v) is 8.04. The molecule has 6 heteroatoms. The SMILES string of the molecule is CCCNCCOc1cc(Cl)cc(S(C)(=O)=O)c1. The summed E-state index contributed by atoms with van der Waals surface area (Å²) in [7, 11) is -3.27. The lowest BCUT2D eigenvalue weighted by Crippen LogP contribution is -2.21. The van der Waals surface area contributed by atoms with Crippen molar-refractivity contribution in [2.75, 3.05) is 26.0 Å². The Bertz CT molecular complexity index is 488. The van der Waals surface area contributed by atoms with Gasteiger partial charge in [0, 0.05) is 17.8 Å². The Hall–Kier alpha value is -0.780. The molecule has 0 radical (unpaired) electrons. The van der Waals surface area contributed by atoms with Gasteiger partial charge in [-0.05, 0) is 31.2 Å². The van der Waals surface area contributed by atoms with Crippen LogP contribution in [0.2, 0.25) is 5.02 Å². The van der Waals surface area contributed by atoms with Crippen molar-refractivity contribution in [3.8, 4) is 5.75 Å². The normalized spacial score (nSPS) is 11.5. The molecule has 1 rings (SSSR count). The largest absolute Gasteiger partial charge is 0.492 e. The first kappa shape index (κ1) is 15.3. The molecule has 0 saturated carbocycles. The molecule has 18 heavy (non-hydrogen) atoms. The van der Waals surface area contributed by atoms with Gasteiger partial charge in [0.05, 0.1) is 4.90 Å². The van der Waals surface area contributed by atoms with Crippen LogP contribution in [0.1, 0.15) is 13.3 Å². The van der Waals surface area contributed by atoms with Crippen LogP contribution in [0.4, 0.5) is 0 Å². The minimum absolute atomic E-state index is 0.173. The van der Waals surface area contributed by atoms with Crippen LogP contribution >= 0.6 is 11.6 Å². The summed E-state index contributed by atoms with van der Waals surface area (Å²) >= 11 is 5.86. The molecule has 0 amide bonds. The van der Waals surface area contributed by atoms with Crippen LogP contribution in [-0.2, 0) is 9.84 Å². The maximum Gasteiger partial charge on any atom is 0.175 e. The van der Waals surface area contributed by atoms with Crippen molar-refractivity contribution >= 4 is 21.4 Å². The summed E-state index contributed by atoms with van der Waals surface area (Å²) in [4.78, 5) is 0.173. The van der Waals surface area contributed by atoms with Gasteiger partial charge in [0.15, 0.2) is 9.84 Å². The zero-order chi connectivity index (χ0) is 13.6. The zero-order valence-electron chi connectivity index (χ0n) is 10.6. The average Bonchev–Trinajstić information content (AvgIpc) is 2.27. The van der Waals surface area contributed by atoms with Crippen LogP contribution in [0.5, 0.6) is 5.75 Å². The van der Waals surface area contributed by atoms with Gasteiger partial charge in [-0.25, -0.2) is 8.42 Å². The minimum atomic E-state index is -3.27.